The molecule has 2 N–H and O–H groups in total. The predicted molar refractivity (Wildman–Crippen MR) is 79.2 cm³/mol. The zero-order valence-corrected chi connectivity index (χ0v) is 12.6. The van der Waals surface area contributed by atoms with Gasteiger partial charge in [-0.25, -0.2) is 4.79 Å². The van der Waals surface area contributed by atoms with Gasteiger partial charge >= 0.3 is 5.76 Å². The van der Waals surface area contributed by atoms with Crippen LogP contribution in [0.4, 0.5) is 0 Å². The van der Waals surface area contributed by atoms with E-state index in [0.717, 1.165) is 26.9 Å². The normalized spacial score (nSPS) is 11.4. The number of hydrogen-bond donors (Lipinski definition) is 1. The Hall–Kier alpha value is -1.86. The van der Waals surface area contributed by atoms with Gasteiger partial charge in [-0.1, -0.05) is 0 Å². The number of oxazole rings is 1. The summed E-state index contributed by atoms with van der Waals surface area (Å²) in [6.45, 7) is 0.362. The van der Waals surface area contributed by atoms with Crippen molar-refractivity contribution in [3.63, 3.8) is 0 Å². The van der Waals surface area contributed by atoms with Crippen LogP contribution >= 0.6 is 15.9 Å². The smallest absolute Gasteiger partial charge is 0.408 e. The van der Waals surface area contributed by atoms with E-state index in [1.54, 1.807) is 17.8 Å². The quantitative estimate of drug-likeness (QED) is 0.773. The molecule has 0 aliphatic carbocycles. The molecule has 1 aromatic carbocycles. The molecule has 0 spiro atoms. The monoisotopic (exact) mass is 336 g/mol. The standard InChI is InChI=1S/C13H13BrN4O2/c1-17-9-5-7(3-4-10(9)20-13(17)19)12-11(14)8(6-15)16-18(12)2/h3-5H,6,15H2,1-2H3. The van der Waals surface area contributed by atoms with Crippen molar-refractivity contribution >= 4 is 27.0 Å². The summed E-state index contributed by atoms with van der Waals surface area (Å²) < 4.78 is 9.25. The summed E-state index contributed by atoms with van der Waals surface area (Å²) in [4.78, 5) is 11.5. The lowest BCUT2D eigenvalue weighted by Gasteiger charge is -2.03. The molecule has 0 amide bonds. The van der Waals surface area contributed by atoms with Crippen LogP contribution in [0.1, 0.15) is 5.69 Å². The second kappa shape index (κ2) is 4.60. The largest absolute Gasteiger partial charge is 0.419 e. The van der Waals surface area contributed by atoms with Crippen LogP contribution in [0.25, 0.3) is 22.4 Å². The van der Waals surface area contributed by atoms with E-state index in [4.69, 9.17) is 10.2 Å². The number of aryl methyl sites for hydroxylation is 2. The Morgan fingerprint density at radius 3 is 2.80 bits per heavy atom. The molecule has 3 rings (SSSR count). The Morgan fingerprint density at radius 1 is 1.40 bits per heavy atom. The molecule has 6 nitrogen and oxygen atoms in total. The first-order chi connectivity index (χ1) is 9.52. The summed E-state index contributed by atoms with van der Waals surface area (Å²) in [7, 11) is 3.54. The minimum absolute atomic E-state index is 0.362. The number of aromatic nitrogens is 3. The maximum absolute atomic E-state index is 11.5. The van der Waals surface area contributed by atoms with Crippen LogP contribution in [-0.2, 0) is 20.6 Å². The molecule has 2 heterocycles. The fourth-order valence-electron chi connectivity index (χ4n) is 2.27. The molecular weight excluding hydrogens is 324 g/mol. The van der Waals surface area contributed by atoms with E-state index in [0.29, 0.717) is 12.1 Å². The molecule has 0 saturated carbocycles. The lowest BCUT2D eigenvalue weighted by Crippen LogP contribution is -2.08. The Labute approximate surface area is 122 Å². The number of halogens is 1. The number of rotatable bonds is 2. The topological polar surface area (TPSA) is 79.0 Å². The Morgan fingerprint density at radius 2 is 2.15 bits per heavy atom. The first kappa shape index (κ1) is 13.1. The first-order valence-corrected chi connectivity index (χ1v) is 6.83. The maximum atomic E-state index is 11.5. The fourth-order valence-corrected chi connectivity index (χ4v) is 3.00. The average Bonchev–Trinajstić information content (AvgIpc) is 2.87. The van der Waals surface area contributed by atoms with Gasteiger partial charge in [-0.3, -0.25) is 9.25 Å². The number of fused-ring (bicyclic) bond motifs is 1. The van der Waals surface area contributed by atoms with Crippen LogP contribution in [0.2, 0.25) is 0 Å². The molecule has 0 unspecified atom stereocenters. The lowest BCUT2D eigenvalue weighted by atomic mass is 10.1. The Bertz CT molecular complexity index is 859. The molecule has 7 heteroatoms. The minimum atomic E-state index is -0.371. The van der Waals surface area contributed by atoms with Crippen LogP contribution in [0, 0.1) is 0 Å². The molecule has 0 radical (unpaired) electrons. The summed E-state index contributed by atoms with van der Waals surface area (Å²) in [5, 5.41) is 4.37. The summed E-state index contributed by atoms with van der Waals surface area (Å²) in [5.74, 6) is -0.371. The van der Waals surface area contributed by atoms with Crippen LogP contribution in [0.5, 0.6) is 0 Å². The van der Waals surface area contributed by atoms with Crippen LogP contribution in [0.3, 0.4) is 0 Å². The van der Waals surface area contributed by atoms with Crippen LogP contribution in [0.15, 0.2) is 31.9 Å². The molecule has 2 aromatic heterocycles. The van der Waals surface area contributed by atoms with Gasteiger partial charge in [-0.15, -0.1) is 0 Å². The van der Waals surface area contributed by atoms with Crippen molar-refractivity contribution in [1.82, 2.24) is 14.3 Å². The number of nitrogens with two attached hydrogens (primary N) is 1. The SMILES string of the molecule is Cn1nc(CN)c(Br)c1-c1ccc2oc(=O)n(C)c2c1. The van der Waals surface area contributed by atoms with Gasteiger partial charge in [0.05, 0.1) is 21.4 Å². The summed E-state index contributed by atoms with van der Waals surface area (Å²) in [6.07, 6.45) is 0. The molecular formula is C13H13BrN4O2. The highest BCUT2D eigenvalue weighted by molar-refractivity contribution is 9.10. The maximum Gasteiger partial charge on any atom is 0.419 e. The molecule has 0 bridgehead atoms. The van der Waals surface area contributed by atoms with E-state index in [9.17, 15) is 4.79 Å². The van der Waals surface area contributed by atoms with Crippen molar-refractivity contribution in [3.8, 4) is 11.3 Å². The highest BCUT2D eigenvalue weighted by Gasteiger charge is 2.16. The van der Waals surface area contributed by atoms with Crippen LogP contribution < -0.4 is 11.5 Å². The van der Waals surface area contributed by atoms with E-state index in [1.165, 1.54) is 4.57 Å². The second-order valence-corrected chi connectivity index (χ2v) is 5.34. The molecule has 0 fully saturated rings. The van der Waals surface area contributed by atoms with Gasteiger partial charge in [0.2, 0.25) is 0 Å². The fraction of sp³-hybridized carbons (Fsp3) is 0.231. The predicted octanol–water partition coefficient (Wildman–Crippen LogP) is 1.75. The van der Waals surface area contributed by atoms with Crippen molar-refractivity contribution in [3.05, 3.63) is 38.9 Å². The zero-order valence-electron chi connectivity index (χ0n) is 11.1. The highest BCUT2D eigenvalue weighted by atomic mass is 79.9. The molecule has 104 valence electrons. The third-order valence-electron chi connectivity index (χ3n) is 3.31. The van der Waals surface area contributed by atoms with Crippen molar-refractivity contribution in [1.29, 1.82) is 0 Å². The summed E-state index contributed by atoms with van der Waals surface area (Å²) in [6, 6.07) is 5.59. The highest BCUT2D eigenvalue weighted by Crippen LogP contribution is 2.32. The third kappa shape index (κ3) is 1.82. The van der Waals surface area contributed by atoms with E-state index < -0.39 is 0 Å². The first-order valence-electron chi connectivity index (χ1n) is 6.04. The minimum Gasteiger partial charge on any atom is -0.408 e. The van der Waals surface area contributed by atoms with Gasteiger partial charge in [-0.05, 0) is 34.1 Å². The van der Waals surface area contributed by atoms with Crippen molar-refractivity contribution in [2.24, 2.45) is 19.8 Å². The van der Waals surface area contributed by atoms with E-state index in [1.807, 2.05) is 19.2 Å². The lowest BCUT2D eigenvalue weighted by molar-refractivity contribution is 0.528. The van der Waals surface area contributed by atoms with E-state index >= 15 is 0 Å². The number of benzene rings is 1. The van der Waals surface area contributed by atoms with Gasteiger partial charge in [0, 0.05) is 26.2 Å². The molecule has 3 aromatic rings. The number of hydrogen-bond acceptors (Lipinski definition) is 4. The summed E-state index contributed by atoms with van der Waals surface area (Å²) in [5.41, 5.74) is 9.63. The van der Waals surface area contributed by atoms with Gasteiger partial charge in [0.1, 0.15) is 0 Å². The molecule has 0 saturated heterocycles. The zero-order chi connectivity index (χ0) is 14.4. The van der Waals surface area contributed by atoms with Gasteiger partial charge in [0.25, 0.3) is 0 Å². The Balaban J connectivity index is 2.27. The van der Waals surface area contributed by atoms with Crippen molar-refractivity contribution in [2.45, 2.75) is 6.54 Å². The van der Waals surface area contributed by atoms with Gasteiger partial charge < -0.3 is 10.2 Å². The molecule has 0 atom stereocenters. The van der Waals surface area contributed by atoms with Crippen LogP contribution in [-0.4, -0.2) is 14.3 Å². The average molecular weight is 337 g/mol. The molecule has 20 heavy (non-hydrogen) atoms. The molecule has 0 aliphatic rings. The summed E-state index contributed by atoms with van der Waals surface area (Å²) >= 11 is 3.53. The van der Waals surface area contributed by atoms with E-state index in [2.05, 4.69) is 21.0 Å². The molecule has 0 aliphatic heterocycles. The Kier molecular flexibility index (Phi) is 3.02. The second-order valence-electron chi connectivity index (χ2n) is 4.55. The van der Waals surface area contributed by atoms with Crippen molar-refractivity contribution in [2.75, 3.05) is 0 Å². The van der Waals surface area contributed by atoms with E-state index in [-0.39, 0.29) is 5.76 Å². The van der Waals surface area contributed by atoms with Gasteiger partial charge in [0.15, 0.2) is 5.58 Å². The third-order valence-corrected chi connectivity index (χ3v) is 4.15. The van der Waals surface area contributed by atoms with Crippen molar-refractivity contribution < 1.29 is 4.42 Å². The number of nitrogens with zero attached hydrogens (tertiary/aromatic N) is 3. The van der Waals surface area contributed by atoms with Gasteiger partial charge in [-0.2, -0.15) is 5.10 Å².